The molecule has 2 fully saturated rings. The lowest BCUT2D eigenvalue weighted by molar-refractivity contribution is -0.0769. The fraction of sp³-hybridized carbons (Fsp3) is 0.692. The second kappa shape index (κ2) is 5.63. The average molecular weight is 315 g/mol. The van der Waals surface area contributed by atoms with Crippen molar-refractivity contribution in [3.63, 3.8) is 0 Å². The van der Waals surface area contributed by atoms with Crippen LogP contribution >= 0.6 is 23.1 Å². The van der Waals surface area contributed by atoms with Gasteiger partial charge in [0.25, 0.3) is 0 Å². The van der Waals surface area contributed by atoms with Gasteiger partial charge in [0, 0.05) is 24.9 Å². The number of carboxylic acids is 1. The second-order valence-electron chi connectivity index (χ2n) is 5.27. The lowest BCUT2D eigenvalue weighted by Gasteiger charge is -2.36. The van der Waals surface area contributed by atoms with Gasteiger partial charge in [0.05, 0.1) is 17.9 Å². The number of carbonyl (C=O) groups is 1. The van der Waals surface area contributed by atoms with Gasteiger partial charge in [-0.05, 0) is 19.8 Å². The van der Waals surface area contributed by atoms with Crippen molar-refractivity contribution in [1.82, 2.24) is 4.98 Å². The van der Waals surface area contributed by atoms with Crippen molar-refractivity contribution in [1.29, 1.82) is 0 Å². The molecule has 2 atom stereocenters. The molecular formula is C13H17NO4S2. The summed E-state index contributed by atoms with van der Waals surface area (Å²) in [5.41, 5.74) is 0.494. The van der Waals surface area contributed by atoms with Gasteiger partial charge in [0.1, 0.15) is 4.88 Å². The van der Waals surface area contributed by atoms with Crippen molar-refractivity contribution in [2.75, 3.05) is 19.8 Å². The van der Waals surface area contributed by atoms with Gasteiger partial charge in [-0.25, -0.2) is 9.78 Å². The van der Waals surface area contributed by atoms with Crippen molar-refractivity contribution >= 4 is 29.1 Å². The minimum Gasteiger partial charge on any atom is -0.477 e. The van der Waals surface area contributed by atoms with E-state index in [9.17, 15) is 4.79 Å². The zero-order valence-corrected chi connectivity index (χ0v) is 12.9. The van der Waals surface area contributed by atoms with Crippen molar-refractivity contribution in [3.8, 4) is 0 Å². The van der Waals surface area contributed by atoms with Gasteiger partial charge in [0.2, 0.25) is 0 Å². The van der Waals surface area contributed by atoms with Crippen molar-refractivity contribution in [3.05, 3.63) is 10.6 Å². The van der Waals surface area contributed by atoms with E-state index >= 15 is 0 Å². The van der Waals surface area contributed by atoms with Crippen LogP contribution in [0.3, 0.4) is 0 Å². The molecule has 0 saturated carbocycles. The van der Waals surface area contributed by atoms with Crippen LogP contribution in [0.15, 0.2) is 4.34 Å². The first-order valence-electron chi connectivity index (χ1n) is 6.67. The molecule has 7 heteroatoms. The van der Waals surface area contributed by atoms with Crippen molar-refractivity contribution in [2.45, 2.75) is 41.4 Å². The van der Waals surface area contributed by atoms with Crippen LogP contribution < -0.4 is 0 Å². The van der Waals surface area contributed by atoms with Crippen LogP contribution in [0, 0.1) is 6.92 Å². The molecule has 0 amide bonds. The van der Waals surface area contributed by atoms with E-state index in [1.54, 1.807) is 18.7 Å². The number of ether oxygens (including phenoxy) is 2. The molecule has 0 aromatic carbocycles. The Morgan fingerprint density at radius 3 is 3.05 bits per heavy atom. The minimum atomic E-state index is -0.889. The van der Waals surface area contributed by atoms with Crippen LogP contribution in [0.4, 0.5) is 0 Å². The van der Waals surface area contributed by atoms with Gasteiger partial charge in [0.15, 0.2) is 4.34 Å². The van der Waals surface area contributed by atoms with Gasteiger partial charge in [-0.1, -0.05) is 11.8 Å². The predicted octanol–water partition coefficient (Wildman–Crippen LogP) is 2.58. The molecular weight excluding hydrogens is 298 g/mol. The maximum atomic E-state index is 11.1. The van der Waals surface area contributed by atoms with Crippen LogP contribution in [-0.4, -0.2) is 46.7 Å². The maximum absolute atomic E-state index is 11.1. The van der Waals surface area contributed by atoms with Crippen LogP contribution in [-0.2, 0) is 9.47 Å². The Bertz CT molecular complexity index is 510. The Labute approximate surface area is 125 Å². The maximum Gasteiger partial charge on any atom is 0.347 e. The van der Waals surface area contributed by atoms with Gasteiger partial charge in [-0.15, -0.1) is 11.3 Å². The number of hydrogen-bond donors (Lipinski definition) is 1. The van der Waals surface area contributed by atoms with E-state index in [-0.39, 0.29) is 5.60 Å². The first-order valence-corrected chi connectivity index (χ1v) is 8.37. The summed E-state index contributed by atoms with van der Waals surface area (Å²) in [6.07, 6.45) is 2.90. The third-order valence-electron chi connectivity index (χ3n) is 3.75. The summed E-state index contributed by atoms with van der Waals surface area (Å²) >= 11 is 2.96. The molecule has 0 radical (unpaired) electrons. The number of aryl methyl sites for hydroxylation is 1. The van der Waals surface area contributed by atoms with Gasteiger partial charge in [-0.3, -0.25) is 0 Å². The molecule has 1 aromatic rings. The molecule has 2 aliphatic heterocycles. The molecule has 1 N–H and O–H groups in total. The van der Waals surface area contributed by atoms with E-state index < -0.39 is 5.97 Å². The van der Waals surface area contributed by atoms with Crippen LogP contribution in [0.1, 0.15) is 34.6 Å². The summed E-state index contributed by atoms with van der Waals surface area (Å²) in [5.74, 6) is -0.889. The number of thioether (sulfide) groups is 1. The van der Waals surface area contributed by atoms with Gasteiger partial charge in [-0.2, -0.15) is 0 Å². The summed E-state index contributed by atoms with van der Waals surface area (Å²) < 4.78 is 12.2. The molecule has 3 heterocycles. The van der Waals surface area contributed by atoms with Gasteiger partial charge >= 0.3 is 5.97 Å². The normalized spacial score (nSPS) is 29.9. The van der Waals surface area contributed by atoms with Gasteiger partial charge < -0.3 is 14.6 Å². The molecule has 5 nitrogen and oxygen atoms in total. The first-order chi connectivity index (χ1) is 9.58. The molecule has 0 bridgehead atoms. The summed E-state index contributed by atoms with van der Waals surface area (Å²) in [6, 6.07) is 0. The van der Waals surface area contributed by atoms with Crippen molar-refractivity contribution in [2.24, 2.45) is 0 Å². The molecule has 110 valence electrons. The zero-order valence-electron chi connectivity index (χ0n) is 11.3. The Kier molecular flexibility index (Phi) is 4.03. The summed E-state index contributed by atoms with van der Waals surface area (Å²) in [4.78, 5) is 15.8. The summed E-state index contributed by atoms with van der Waals surface area (Å²) in [6.45, 7) is 3.95. The van der Waals surface area contributed by atoms with Crippen molar-refractivity contribution < 1.29 is 19.4 Å². The highest BCUT2D eigenvalue weighted by Crippen LogP contribution is 2.41. The Morgan fingerprint density at radius 1 is 1.55 bits per heavy atom. The topological polar surface area (TPSA) is 68.7 Å². The van der Waals surface area contributed by atoms with E-state index in [2.05, 4.69) is 4.98 Å². The van der Waals surface area contributed by atoms with Crippen LogP contribution in [0.2, 0.25) is 0 Å². The largest absolute Gasteiger partial charge is 0.477 e. The molecule has 20 heavy (non-hydrogen) atoms. The minimum absolute atomic E-state index is 0.113. The molecule has 1 spiro atoms. The molecule has 0 aliphatic carbocycles. The number of hydrogen-bond acceptors (Lipinski definition) is 6. The summed E-state index contributed by atoms with van der Waals surface area (Å²) in [5, 5.41) is 9.51. The smallest absolute Gasteiger partial charge is 0.347 e. The fourth-order valence-corrected chi connectivity index (χ4v) is 5.27. The SMILES string of the molecule is Cc1nc(SC2CCOC3(CCOC3)C2)sc1C(=O)O. The highest BCUT2D eigenvalue weighted by molar-refractivity contribution is 8.01. The van der Waals surface area contributed by atoms with E-state index in [1.807, 2.05) is 0 Å². The van der Waals surface area contributed by atoms with E-state index in [0.717, 1.165) is 36.8 Å². The molecule has 2 aliphatic rings. The van der Waals surface area contributed by atoms with E-state index in [0.29, 0.717) is 22.4 Å². The summed E-state index contributed by atoms with van der Waals surface area (Å²) in [7, 11) is 0. The highest BCUT2D eigenvalue weighted by atomic mass is 32.2. The molecule has 2 saturated heterocycles. The van der Waals surface area contributed by atoms with E-state index in [1.165, 1.54) is 11.3 Å². The number of nitrogens with zero attached hydrogens (tertiary/aromatic N) is 1. The molecule has 3 rings (SSSR count). The first kappa shape index (κ1) is 14.3. The highest BCUT2D eigenvalue weighted by Gasteiger charge is 2.41. The quantitative estimate of drug-likeness (QED) is 0.924. The Hall–Kier alpha value is -0.630. The second-order valence-corrected chi connectivity index (χ2v) is 7.81. The number of carboxylic acid groups (broad SMARTS) is 1. The number of aromatic carboxylic acids is 1. The third kappa shape index (κ3) is 2.86. The van der Waals surface area contributed by atoms with E-state index in [4.69, 9.17) is 14.6 Å². The number of thiazole rings is 1. The fourth-order valence-electron chi connectivity index (χ4n) is 2.71. The lowest BCUT2D eigenvalue weighted by atomic mass is 9.93. The third-order valence-corrected chi connectivity index (χ3v) is 6.26. The lowest BCUT2D eigenvalue weighted by Crippen LogP contribution is -2.41. The monoisotopic (exact) mass is 315 g/mol. The molecule has 1 aromatic heterocycles. The predicted molar refractivity (Wildman–Crippen MR) is 76.8 cm³/mol. The molecule has 2 unspecified atom stereocenters. The number of rotatable bonds is 3. The standard InChI is InChI=1S/C13H17NO4S2/c1-8-10(11(15)16)20-12(14-8)19-9-2-4-18-13(6-9)3-5-17-7-13/h9H,2-7H2,1H3,(H,15,16). The van der Waals surface area contributed by atoms with Crippen LogP contribution in [0.25, 0.3) is 0 Å². The average Bonchev–Trinajstić information content (AvgIpc) is 2.97. The Balaban J connectivity index is 1.68. The Morgan fingerprint density at radius 2 is 2.40 bits per heavy atom. The van der Waals surface area contributed by atoms with Crippen LogP contribution in [0.5, 0.6) is 0 Å². The number of aromatic nitrogens is 1. The zero-order chi connectivity index (χ0) is 14.2.